The summed E-state index contributed by atoms with van der Waals surface area (Å²) >= 11 is 1.47. The van der Waals surface area contributed by atoms with Crippen molar-refractivity contribution in [3.05, 3.63) is 29.4 Å². The minimum atomic E-state index is -3.94. The topological polar surface area (TPSA) is 136 Å². The fourth-order valence-electron chi connectivity index (χ4n) is 4.35. The Morgan fingerprint density at radius 1 is 1.00 bits per heavy atom. The first kappa shape index (κ1) is 30.8. The molecule has 1 aromatic heterocycles. The average molecular weight is 581 g/mol. The number of benzene rings is 1. The van der Waals surface area contributed by atoms with Crippen molar-refractivity contribution in [2.24, 2.45) is 0 Å². The first-order chi connectivity index (χ1) is 18.1. The van der Waals surface area contributed by atoms with Crippen molar-refractivity contribution in [2.75, 3.05) is 5.32 Å². The van der Waals surface area contributed by atoms with Crippen molar-refractivity contribution in [2.45, 2.75) is 109 Å². The van der Waals surface area contributed by atoms with Gasteiger partial charge in [-0.15, -0.1) is 11.3 Å². The third kappa shape index (κ3) is 9.18. The highest BCUT2D eigenvalue weighted by Crippen LogP contribution is 2.40. The number of ether oxygens (including phenoxy) is 2. The summed E-state index contributed by atoms with van der Waals surface area (Å²) < 4.78 is 39.9. The minimum Gasteiger partial charge on any atom is -0.447 e. The van der Waals surface area contributed by atoms with Crippen LogP contribution in [0.4, 0.5) is 15.3 Å². The van der Waals surface area contributed by atoms with Crippen LogP contribution in [0.25, 0.3) is 10.4 Å². The Kier molecular flexibility index (Phi) is 10.0. The SMILES string of the molecule is CC(C)OC(=O)Nc1ccc(-c2cnc([C@H]3CC[C@H](NC(=O)OC(C)C)CC3)s2)c(S(=O)(=O)NC(C)(C)C)c1. The number of rotatable bonds is 8. The number of nitrogens with zero attached hydrogens (tertiary/aromatic N) is 1. The van der Waals surface area contributed by atoms with Gasteiger partial charge in [-0.3, -0.25) is 5.32 Å². The van der Waals surface area contributed by atoms with Gasteiger partial charge in [0.25, 0.3) is 0 Å². The lowest BCUT2D eigenvalue weighted by Gasteiger charge is -2.28. The van der Waals surface area contributed by atoms with Crippen molar-refractivity contribution in [3.63, 3.8) is 0 Å². The van der Waals surface area contributed by atoms with Crippen LogP contribution in [0.5, 0.6) is 0 Å². The molecule has 1 saturated carbocycles. The third-order valence-corrected chi connectivity index (χ3v) is 8.82. The fraction of sp³-hybridized carbons (Fsp3) is 0.593. The van der Waals surface area contributed by atoms with Crippen molar-refractivity contribution in [1.82, 2.24) is 15.0 Å². The Morgan fingerprint density at radius 2 is 1.62 bits per heavy atom. The molecular formula is C27H40N4O6S2. The molecule has 2 aromatic rings. The van der Waals surface area contributed by atoms with E-state index in [1.807, 2.05) is 13.8 Å². The molecule has 0 radical (unpaired) electrons. The van der Waals surface area contributed by atoms with Crippen molar-refractivity contribution >= 4 is 39.2 Å². The van der Waals surface area contributed by atoms with E-state index in [4.69, 9.17) is 9.47 Å². The van der Waals surface area contributed by atoms with Gasteiger partial charge < -0.3 is 14.8 Å². The zero-order valence-electron chi connectivity index (χ0n) is 23.7. The lowest BCUT2D eigenvalue weighted by atomic mass is 9.86. The van der Waals surface area contributed by atoms with Gasteiger partial charge in [0.1, 0.15) is 0 Å². The smallest absolute Gasteiger partial charge is 0.411 e. The molecule has 3 N–H and O–H groups in total. The van der Waals surface area contributed by atoms with Gasteiger partial charge in [0.2, 0.25) is 10.0 Å². The van der Waals surface area contributed by atoms with E-state index in [0.717, 1.165) is 35.6 Å². The zero-order valence-corrected chi connectivity index (χ0v) is 25.3. The average Bonchev–Trinajstić information content (AvgIpc) is 3.27. The summed E-state index contributed by atoms with van der Waals surface area (Å²) in [6, 6.07) is 4.84. The van der Waals surface area contributed by atoms with Gasteiger partial charge in [-0.25, -0.2) is 27.7 Å². The standard InChI is InChI=1S/C27H40N4O6S2/c1-16(2)36-25(32)29-19-10-8-18(9-11-19)24-28-15-22(38-24)21-13-12-20(30-26(33)37-17(3)4)14-23(21)39(34,35)31-27(5,6)7/h12-19,31H,8-11H2,1-7H3,(H,29,32)(H,30,33)/t18-,19-. The van der Waals surface area contributed by atoms with E-state index in [-0.39, 0.29) is 29.1 Å². The van der Waals surface area contributed by atoms with Crippen molar-refractivity contribution in [3.8, 4) is 10.4 Å². The normalized spacial score (nSPS) is 18.2. The predicted octanol–water partition coefficient (Wildman–Crippen LogP) is 6.00. The maximum atomic E-state index is 13.4. The molecule has 39 heavy (non-hydrogen) atoms. The van der Waals surface area contributed by atoms with Crippen LogP contribution in [0.2, 0.25) is 0 Å². The lowest BCUT2D eigenvalue weighted by Crippen LogP contribution is -2.40. The van der Waals surface area contributed by atoms with Gasteiger partial charge >= 0.3 is 12.2 Å². The maximum absolute atomic E-state index is 13.4. The second kappa shape index (κ2) is 12.6. The molecule has 12 heteroatoms. The number of hydrogen-bond acceptors (Lipinski definition) is 8. The van der Waals surface area contributed by atoms with E-state index >= 15 is 0 Å². The molecule has 1 heterocycles. The summed E-state index contributed by atoms with van der Waals surface area (Å²) in [4.78, 5) is 29.5. The van der Waals surface area contributed by atoms with Crippen LogP contribution < -0.4 is 15.4 Å². The number of sulfonamides is 1. The maximum Gasteiger partial charge on any atom is 0.411 e. The summed E-state index contributed by atoms with van der Waals surface area (Å²) in [6.45, 7) is 12.4. The van der Waals surface area contributed by atoms with E-state index in [9.17, 15) is 18.0 Å². The van der Waals surface area contributed by atoms with E-state index in [1.165, 1.54) is 17.4 Å². The lowest BCUT2D eigenvalue weighted by molar-refractivity contribution is 0.109. The molecule has 0 saturated heterocycles. The zero-order chi connectivity index (χ0) is 29.0. The highest BCUT2D eigenvalue weighted by atomic mass is 32.2. The van der Waals surface area contributed by atoms with Gasteiger partial charge in [-0.05, 0) is 86.3 Å². The number of anilines is 1. The quantitative estimate of drug-likeness (QED) is 0.348. The first-order valence-corrected chi connectivity index (χ1v) is 15.5. The molecule has 1 fully saturated rings. The number of hydrogen-bond donors (Lipinski definition) is 3. The molecule has 3 rings (SSSR count). The Labute approximate surface area is 235 Å². The fourth-order valence-corrected chi connectivity index (χ4v) is 7.20. The second-order valence-corrected chi connectivity index (χ2v) is 14.1. The largest absolute Gasteiger partial charge is 0.447 e. The summed E-state index contributed by atoms with van der Waals surface area (Å²) in [5.74, 6) is 0.224. The van der Waals surface area contributed by atoms with Crippen LogP contribution in [0.1, 0.15) is 85.1 Å². The molecule has 0 spiro atoms. The van der Waals surface area contributed by atoms with E-state index in [1.54, 1.807) is 52.9 Å². The van der Waals surface area contributed by atoms with E-state index < -0.39 is 27.7 Å². The summed E-state index contributed by atoms with van der Waals surface area (Å²) in [7, 11) is -3.94. The number of aromatic nitrogens is 1. The van der Waals surface area contributed by atoms with Crippen LogP contribution in [-0.2, 0) is 19.5 Å². The molecule has 0 atom stereocenters. The van der Waals surface area contributed by atoms with E-state index in [0.29, 0.717) is 11.3 Å². The number of amides is 2. The Balaban J connectivity index is 1.82. The summed E-state index contributed by atoms with van der Waals surface area (Å²) in [5, 5.41) is 6.48. The number of carbonyl (C=O) groups is 2. The molecule has 10 nitrogen and oxygen atoms in total. The highest BCUT2D eigenvalue weighted by Gasteiger charge is 2.29. The Morgan fingerprint density at radius 3 is 2.21 bits per heavy atom. The third-order valence-electron chi connectivity index (χ3n) is 5.83. The van der Waals surface area contributed by atoms with Gasteiger partial charge in [0, 0.05) is 34.9 Å². The van der Waals surface area contributed by atoms with Crippen LogP contribution in [0, 0.1) is 0 Å². The van der Waals surface area contributed by atoms with Crippen LogP contribution >= 0.6 is 11.3 Å². The van der Waals surface area contributed by atoms with Crippen molar-refractivity contribution < 1.29 is 27.5 Å². The van der Waals surface area contributed by atoms with Crippen LogP contribution in [0.3, 0.4) is 0 Å². The first-order valence-electron chi connectivity index (χ1n) is 13.2. The Hall–Kier alpha value is -2.70. The molecule has 2 amide bonds. The predicted molar refractivity (Wildman–Crippen MR) is 153 cm³/mol. The summed E-state index contributed by atoms with van der Waals surface area (Å²) in [6.07, 6.45) is 3.52. The number of nitrogens with one attached hydrogen (secondary N) is 3. The second-order valence-electron chi connectivity index (χ2n) is 11.4. The van der Waals surface area contributed by atoms with Crippen molar-refractivity contribution in [1.29, 1.82) is 0 Å². The van der Waals surface area contributed by atoms with Gasteiger partial charge in [0.15, 0.2) is 0 Å². The molecule has 216 valence electrons. The van der Waals surface area contributed by atoms with Crippen LogP contribution in [-0.4, -0.2) is 49.4 Å². The minimum absolute atomic E-state index is 0.0477. The molecule has 1 aliphatic rings. The van der Waals surface area contributed by atoms with Crippen LogP contribution in [0.15, 0.2) is 29.3 Å². The van der Waals surface area contributed by atoms with Gasteiger partial charge in [-0.1, -0.05) is 6.07 Å². The van der Waals surface area contributed by atoms with Gasteiger partial charge in [-0.2, -0.15) is 0 Å². The molecule has 0 aliphatic heterocycles. The number of thiazole rings is 1. The highest BCUT2D eigenvalue weighted by molar-refractivity contribution is 7.89. The molecular weight excluding hydrogens is 540 g/mol. The molecule has 1 aromatic carbocycles. The molecule has 0 unspecified atom stereocenters. The van der Waals surface area contributed by atoms with Gasteiger partial charge in [0.05, 0.1) is 27.0 Å². The Bertz CT molecular complexity index is 1260. The molecule has 0 bridgehead atoms. The van der Waals surface area contributed by atoms with E-state index in [2.05, 4.69) is 20.3 Å². The summed E-state index contributed by atoms with van der Waals surface area (Å²) in [5.41, 5.74) is 0.110. The molecule has 1 aliphatic carbocycles. The number of carbonyl (C=O) groups excluding carboxylic acids is 2. The number of alkyl carbamates (subject to hydrolysis) is 1. The monoisotopic (exact) mass is 580 g/mol.